The molecule has 0 aromatic rings. The Bertz CT molecular complexity index is 418. The van der Waals surface area contributed by atoms with Gasteiger partial charge in [0.2, 0.25) is 5.91 Å². The highest BCUT2D eigenvalue weighted by Gasteiger charge is 2.30. The summed E-state index contributed by atoms with van der Waals surface area (Å²) >= 11 is 0. The SMILES string of the molecule is CN1CCN(CCCN(C(=O)C2CC=CC2)C2CCOCC2)CC1. The molecule has 0 spiro atoms. The topological polar surface area (TPSA) is 36.0 Å². The van der Waals surface area contributed by atoms with E-state index >= 15 is 0 Å². The zero-order valence-corrected chi connectivity index (χ0v) is 15.2. The summed E-state index contributed by atoms with van der Waals surface area (Å²) in [6.07, 6.45) is 9.27. The quantitative estimate of drug-likeness (QED) is 0.691. The van der Waals surface area contributed by atoms with E-state index in [1.807, 2.05) is 0 Å². The van der Waals surface area contributed by atoms with Gasteiger partial charge < -0.3 is 19.4 Å². The molecule has 5 heteroatoms. The van der Waals surface area contributed by atoms with Gasteiger partial charge in [0.05, 0.1) is 0 Å². The van der Waals surface area contributed by atoms with E-state index in [1.165, 1.54) is 0 Å². The van der Waals surface area contributed by atoms with Crippen molar-refractivity contribution < 1.29 is 9.53 Å². The van der Waals surface area contributed by atoms with Gasteiger partial charge in [-0.05, 0) is 45.7 Å². The van der Waals surface area contributed by atoms with Crippen LogP contribution in [0.15, 0.2) is 12.2 Å². The molecule has 136 valence electrons. The van der Waals surface area contributed by atoms with Crippen LogP contribution in [-0.4, -0.2) is 86.2 Å². The molecular weight excluding hydrogens is 302 g/mol. The van der Waals surface area contributed by atoms with Gasteiger partial charge in [0.1, 0.15) is 0 Å². The van der Waals surface area contributed by atoms with Gasteiger partial charge in [-0.15, -0.1) is 0 Å². The van der Waals surface area contributed by atoms with E-state index in [2.05, 4.69) is 33.9 Å². The first-order chi connectivity index (χ1) is 11.7. The monoisotopic (exact) mass is 335 g/mol. The molecule has 1 aliphatic carbocycles. The van der Waals surface area contributed by atoms with E-state index in [9.17, 15) is 4.79 Å². The summed E-state index contributed by atoms with van der Waals surface area (Å²) in [7, 11) is 2.19. The number of rotatable bonds is 6. The summed E-state index contributed by atoms with van der Waals surface area (Å²) in [6.45, 7) is 8.27. The molecule has 0 saturated carbocycles. The molecule has 3 rings (SSSR count). The second-order valence-corrected chi connectivity index (χ2v) is 7.51. The highest BCUT2D eigenvalue weighted by Crippen LogP contribution is 2.24. The van der Waals surface area contributed by atoms with E-state index in [0.717, 1.165) is 84.6 Å². The molecule has 3 aliphatic rings. The second-order valence-electron chi connectivity index (χ2n) is 7.51. The summed E-state index contributed by atoms with van der Waals surface area (Å²) in [6, 6.07) is 0.388. The molecule has 5 nitrogen and oxygen atoms in total. The van der Waals surface area contributed by atoms with Crippen molar-refractivity contribution in [3.63, 3.8) is 0 Å². The third kappa shape index (κ3) is 4.80. The van der Waals surface area contributed by atoms with Gasteiger partial charge in [0, 0.05) is 57.9 Å². The highest BCUT2D eigenvalue weighted by atomic mass is 16.5. The van der Waals surface area contributed by atoms with Crippen molar-refractivity contribution >= 4 is 5.91 Å². The van der Waals surface area contributed by atoms with Crippen molar-refractivity contribution in [3.8, 4) is 0 Å². The van der Waals surface area contributed by atoms with Crippen molar-refractivity contribution in [2.24, 2.45) is 5.92 Å². The van der Waals surface area contributed by atoms with Crippen molar-refractivity contribution in [3.05, 3.63) is 12.2 Å². The Hall–Kier alpha value is -0.910. The maximum atomic E-state index is 13.0. The minimum Gasteiger partial charge on any atom is -0.381 e. The van der Waals surface area contributed by atoms with E-state index in [4.69, 9.17) is 4.74 Å². The maximum Gasteiger partial charge on any atom is 0.226 e. The first kappa shape index (κ1) is 17.9. The summed E-state index contributed by atoms with van der Waals surface area (Å²) in [5.41, 5.74) is 0. The molecule has 0 aromatic heterocycles. The number of hydrogen-bond acceptors (Lipinski definition) is 4. The summed E-state index contributed by atoms with van der Waals surface area (Å²) < 4.78 is 5.50. The van der Waals surface area contributed by atoms with Crippen LogP contribution in [0.4, 0.5) is 0 Å². The molecule has 0 unspecified atom stereocenters. The first-order valence-corrected chi connectivity index (χ1v) is 9.68. The fourth-order valence-corrected chi connectivity index (χ4v) is 4.06. The van der Waals surface area contributed by atoms with Crippen LogP contribution in [0.5, 0.6) is 0 Å². The van der Waals surface area contributed by atoms with Crippen molar-refractivity contribution in [2.75, 3.05) is 59.5 Å². The Morgan fingerprint density at radius 2 is 1.79 bits per heavy atom. The Balaban J connectivity index is 1.50. The molecule has 2 aliphatic heterocycles. The third-order valence-electron chi connectivity index (χ3n) is 5.74. The van der Waals surface area contributed by atoms with Gasteiger partial charge in [-0.3, -0.25) is 4.79 Å². The van der Waals surface area contributed by atoms with Crippen LogP contribution in [-0.2, 0) is 9.53 Å². The van der Waals surface area contributed by atoms with Gasteiger partial charge in [-0.25, -0.2) is 0 Å². The Labute approximate surface area is 146 Å². The largest absolute Gasteiger partial charge is 0.381 e. The van der Waals surface area contributed by atoms with Crippen molar-refractivity contribution in [1.29, 1.82) is 0 Å². The third-order valence-corrected chi connectivity index (χ3v) is 5.74. The lowest BCUT2D eigenvalue weighted by molar-refractivity contribution is -0.139. The van der Waals surface area contributed by atoms with Gasteiger partial charge >= 0.3 is 0 Å². The van der Waals surface area contributed by atoms with E-state index in [0.29, 0.717) is 11.9 Å². The van der Waals surface area contributed by atoms with Gasteiger partial charge in [0.25, 0.3) is 0 Å². The van der Waals surface area contributed by atoms with Gasteiger partial charge in [0.15, 0.2) is 0 Å². The van der Waals surface area contributed by atoms with Crippen molar-refractivity contribution in [1.82, 2.24) is 14.7 Å². The fraction of sp³-hybridized carbons (Fsp3) is 0.842. The van der Waals surface area contributed by atoms with E-state index in [-0.39, 0.29) is 5.92 Å². The second kappa shape index (κ2) is 8.97. The molecule has 0 atom stereocenters. The predicted molar refractivity (Wildman–Crippen MR) is 96.0 cm³/mol. The maximum absolute atomic E-state index is 13.0. The molecule has 0 aromatic carbocycles. The van der Waals surface area contributed by atoms with Crippen LogP contribution >= 0.6 is 0 Å². The van der Waals surface area contributed by atoms with Gasteiger partial charge in [-0.1, -0.05) is 12.2 Å². The number of likely N-dealkylation sites (N-methyl/N-ethyl adjacent to an activating group) is 1. The fourth-order valence-electron chi connectivity index (χ4n) is 4.06. The molecule has 0 bridgehead atoms. The number of allylic oxidation sites excluding steroid dienone is 2. The molecule has 24 heavy (non-hydrogen) atoms. The Morgan fingerprint density at radius 3 is 2.46 bits per heavy atom. The van der Waals surface area contributed by atoms with Crippen LogP contribution < -0.4 is 0 Å². The molecule has 2 heterocycles. The number of carbonyl (C=O) groups is 1. The summed E-state index contributed by atoms with van der Waals surface area (Å²) in [5.74, 6) is 0.571. The first-order valence-electron chi connectivity index (χ1n) is 9.68. The number of nitrogens with zero attached hydrogens (tertiary/aromatic N) is 3. The predicted octanol–water partition coefficient (Wildman–Crippen LogP) is 1.60. The smallest absolute Gasteiger partial charge is 0.226 e. The molecule has 2 saturated heterocycles. The lowest BCUT2D eigenvalue weighted by atomic mass is 10.0. The van der Waals surface area contributed by atoms with Crippen LogP contribution in [0, 0.1) is 5.92 Å². The normalized spacial score (nSPS) is 24.5. The van der Waals surface area contributed by atoms with E-state index < -0.39 is 0 Å². The van der Waals surface area contributed by atoms with Gasteiger partial charge in [-0.2, -0.15) is 0 Å². The number of carbonyl (C=O) groups excluding carboxylic acids is 1. The summed E-state index contributed by atoms with van der Waals surface area (Å²) in [5, 5.41) is 0. The van der Waals surface area contributed by atoms with Crippen LogP contribution in [0.3, 0.4) is 0 Å². The minimum atomic E-state index is 0.191. The lowest BCUT2D eigenvalue weighted by Gasteiger charge is -2.37. The standard InChI is InChI=1S/C19H33N3O2/c1-20-11-13-21(14-12-20)9-4-10-22(18-7-15-24-16-8-18)19(23)17-5-2-3-6-17/h2-3,17-18H,4-16H2,1H3. The lowest BCUT2D eigenvalue weighted by Crippen LogP contribution is -2.48. The van der Waals surface area contributed by atoms with Crippen molar-refractivity contribution in [2.45, 2.75) is 38.1 Å². The minimum absolute atomic E-state index is 0.191. The number of hydrogen-bond donors (Lipinski definition) is 0. The average molecular weight is 335 g/mol. The molecule has 1 amide bonds. The zero-order chi connectivity index (χ0) is 16.8. The molecular formula is C19H33N3O2. The average Bonchev–Trinajstić information content (AvgIpc) is 3.15. The number of amides is 1. The highest BCUT2D eigenvalue weighted by molar-refractivity contribution is 5.80. The molecule has 0 N–H and O–H groups in total. The Kier molecular flexibility index (Phi) is 6.69. The summed E-state index contributed by atoms with van der Waals surface area (Å²) in [4.78, 5) is 20.1. The molecule has 0 radical (unpaired) electrons. The zero-order valence-electron chi connectivity index (χ0n) is 15.2. The van der Waals surface area contributed by atoms with Crippen LogP contribution in [0.25, 0.3) is 0 Å². The van der Waals surface area contributed by atoms with Crippen LogP contribution in [0.2, 0.25) is 0 Å². The number of piperazine rings is 1. The number of ether oxygens (including phenoxy) is 1. The molecule has 2 fully saturated rings. The van der Waals surface area contributed by atoms with E-state index in [1.54, 1.807) is 0 Å². The van der Waals surface area contributed by atoms with Crippen LogP contribution in [0.1, 0.15) is 32.1 Å². The Morgan fingerprint density at radius 1 is 1.12 bits per heavy atom.